The van der Waals surface area contributed by atoms with Gasteiger partial charge in [0.25, 0.3) is 11.8 Å². The first-order valence-corrected chi connectivity index (χ1v) is 5.84. The van der Waals surface area contributed by atoms with Gasteiger partial charge in [-0.1, -0.05) is 6.07 Å². The fourth-order valence-electron chi connectivity index (χ4n) is 1.92. The summed E-state index contributed by atoms with van der Waals surface area (Å²) in [6.07, 6.45) is -4.04. The lowest BCUT2D eigenvalue weighted by Crippen LogP contribution is -2.32. The van der Waals surface area contributed by atoms with Gasteiger partial charge in [0.1, 0.15) is 5.56 Å². The molecular formula is C12H7F2NO6. The summed E-state index contributed by atoms with van der Waals surface area (Å²) in [6.45, 7) is 0. The number of alkyl halides is 2. The van der Waals surface area contributed by atoms with Crippen molar-refractivity contribution in [1.82, 2.24) is 5.06 Å². The SMILES string of the molecule is O=C(ON1C(=O)CCC1=O)c1cccc2c1OC(F)(F)O2. The molecule has 0 unspecified atom stereocenters. The Bertz CT molecular complexity index is 643. The minimum atomic E-state index is -3.89. The van der Waals surface area contributed by atoms with Gasteiger partial charge in [-0.25, -0.2) is 4.79 Å². The number of rotatable bonds is 2. The summed E-state index contributed by atoms with van der Waals surface area (Å²) >= 11 is 0. The Kier molecular flexibility index (Phi) is 2.78. The van der Waals surface area contributed by atoms with Crippen LogP contribution in [0.25, 0.3) is 0 Å². The predicted molar refractivity (Wildman–Crippen MR) is 59.1 cm³/mol. The molecule has 2 aliphatic heterocycles. The van der Waals surface area contributed by atoms with Crippen LogP contribution in [0.1, 0.15) is 23.2 Å². The zero-order valence-electron chi connectivity index (χ0n) is 10.3. The summed E-state index contributed by atoms with van der Waals surface area (Å²) in [5.41, 5.74) is -0.378. The van der Waals surface area contributed by atoms with Gasteiger partial charge >= 0.3 is 12.3 Å². The van der Waals surface area contributed by atoms with Crippen LogP contribution in [-0.2, 0) is 14.4 Å². The van der Waals surface area contributed by atoms with E-state index in [0.717, 1.165) is 6.07 Å². The smallest absolute Gasteiger partial charge is 0.395 e. The molecule has 0 spiro atoms. The first-order valence-electron chi connectivity index (χ1n) is 5.84. The number of fused-ring (bicyclic) bond motifs is 1. The highest BCUT2D eigenvalue weighted by atomic mass is 19.3. The number of hydrogen-bond donors (Lipinski definition) is 0. The van der Waals surface area contributed by atoms with E-state index in [0.29, 0.717) is 5.06 Å². The number of para-hydroxylation sites is 1. The maximum atomic E-state index is 13.0. The first-order chi connectivity index (χ1) is 9.87. The van der Waals surface area contributed by atoms with Gasteiger partial charge in [0.05, 0.1) is 0 Å². The second-order valence-electron chi connectivity index (χ2n) is 4.26. The fourth-order valence-corrected chi connectivity index (χ4v) is 1.92. The van der Waals surface area contributed by atoms with Crippen molar-refractivity contribution in [2.24, 2.45) is 0 Å². The third-order valence-corrected chi connectivity index (χ3v) is 2.83. The number of benzene rings is 1. The number of amides is 2. The molecule has 1 saturated heterocycles. The fraction of sp³-hybridized carbons (Fsp3) is 0.250. The van der Waals surface area contributed by atoms with E-state index < -0.39 is 29.8 Å². The lowest BCUT2D eigenvalue weighted by Gasteiger charge is -2.13. The third-order valence-electron chi connectivity index (χ3n) is 2.83. The minimum absolute atomic E-state index is 0.0727. The number of carbonyl (C=O) groups is 3. The van der Waals surface area contributed by atoms with Crippen molar-refractivity contribution < 1.29 is 37.5 Å². The molecule has 0 bridgehead atoms. The molecule has 1 fully saturated rings. The second-order valence-corrected chi connectivity index (χ2v) is 4.26. The lowest BCUT2D eigenvalue weighted by atomic mass is 10.2. The molecule has 0 atom stereocenters. The standard InChI is InChI=1S/C12H7F2NO6/c13-12(14)19-7-3-1-2-6(10(7)20-12)11(18)21-15-8(16)4-5-9(15)17/h1-3H,4-5H2. The van der Waals surface area contributed by atoms with Crippen LogP contribution < -0.4 is 9.47 Å². The van der Waals surface area contributed by atoms with Gasteiger partial charge in [0.2, 0.25) is 0 Å². The number of imide groups is 1. The zero-order valence-corrected chi connectivity index (χ0v) is 10.3. The molecule has 0 radical (unpaired) electrons. The molecule has 0 aromatic heterocycles. The van der Waals surface area contributed by atoms with E-state index in [-0.39, 0.29) is 24.2 Å². The quantitative estimate of drug-likeness (QED) is 0.764. The van der Waals surface area contributed by atoms with Crippen LogP contribution in [0, 0.1) is 0 Å². The van der Waals surface area contributed by atoms with Gasteiger partial charge < -0.3 is 14.3 Å². The number of ether oxygens (including phenoxy) is 2. The van der Waals surface area contributed by atoms with Crippen molar-refractivity contribution in [3.05, 3.63) is 23.8 Å². The van der Waals surface area contributed by atoms with Crippen LogP contribution in [0.15, 0.2) is 18.2 Å². The maximum absolute atomic E-state index is 13.0. The Morgan fingerprint density at radius 1 is 1.19 bits per heavy atom. The molecule has 3 rings (SSSR count). The summed E-state index contributed by atoms with van der Waals surface area (Å²) in [7, 11) is 0. The van der Waals surface area contributed by atoms with Crippen molar-refractivity contribution in [2.75, 3.05) is 0 Å². The summed E-state index contributed by atoms with van der Waals surface area (Å²) in [6, 6.07) is 3.60. The number of halogens is 2. The van der Waals surface area contributed by atoms with Crippen molar-refractivity contribution in [3.63, 3.8) is 0 Å². The second kappa shape index (κ2) is 4.40. The summed E-state index contributed by atoms with van der Waals surface area (Å²) in [4.78, 5) is 39.2. The molecule has 2 amide bonds. The summed E-state index contributed by atoms with van der Waals surface area (Å²) in [5.74, 6) is -3.37. The molecular weight excluding hydrogens is 292 g/mol. The Morgan fingerprint density at radius 3 is 2.52 bits per heavy atom. The Morgan fingerprint density at radius 2 is 1.86 bits per heavy atom. The van der Waals surface area contributed by atoms with Gasteiger partial charge in [-0.2, -0.15) is 0 Å². The molecule has 1 aromatic rings. The van der Waals surface area contributed by atoms with Gasteiger partial charge in [0.15, 0.2) is 11.5 Å². The van der Waals surface area contributed by atoms with Crippen LogP contribution in [0.4, 0.5) is 8.78 Å². The molecule has 1 aromatic carbocycles. The Hall–Kier alpha value is -2.71. The average Bonchev–Trinajstić information content (AvgIpc) is 2.89. The van der Waals surface area contributed by atoms with Crippen molar-refractivity contribution in [3.8, 4) is 11.5 Å². The first kappa shape index (κ1) is 13.3. The monoisotopic (exact) mass is 299 g/mol. The molecule has 0 aliphatic carbocycles. The molecule has 7 nitrogen and oxygen atoms in total. The zero-order chi connectivity index (χ0) is 15.2. The maximum Gasteiger partial charge on any atom is 0.586 e. The highest BCUT2D eigenvalue weighted by molar-refractivity contribution is 6.03. The minimum Gasteiger partial charge on any atom is -0.395 e. The molecule has 21 heavy (non-hydrogen) atoms. The molecule has 9 heteroatoms. The number of nitrogens with zero attached hydrogens (tertiary/aromatic N) is 1. The summed E-state index contributed by atoms with van der Waals surface area (Å²) < 4.78 is 34.4. The van der Waals surface area contributed by atoms with Crippen molar-refractivity contribution in [2.45, 2.75) is 19.1 Å². The van der Waals surface area contributed by atoms with Gasteiger partial charge in [-0.15, -0.1) is 13.8 Å². The van der Waals surface area contributed by atoms with Crippen molar-refractivity contribution >= 4 is 17.8 Å². The summed E-state index contributed by atoms with van der Waals surface area (Å²) in [5, 5.41) is 0.315. The molecule has 110 valence electrons. The van der Waals surface area contributed by atoms with Crippen LogP contribution >= 0.6 is 0 Å². The van der Waals surface area contributed by atoms with Crippen LogP contribution in [-0.4, -0.2) is 29.1 Å². The number of carbonyl (C=O) groups excluding carboxylic acids is 3. The third kappa shape index (κ3) is 2.26. The van der Waals surface area contributed by atoms with E-state index in [1.54, 1.807) is 0 Å². The molecule has 2 aliphatic rings. The highest BCUT2D eigenvalue weighted by Crippen LogP contribution is 2.43. The van der Waals surface area contributed by atoms with E-state index in [2.05, 4.69) is 14.3 Å². The van der Waals surface area contributed by atoms with E-state index in [1.807, 2.05) is 0 Å². The molecule has 0 N–H and O–H groups in total. The Balaban J connectivity index is 1.86. The topological polar surface area (TPSA) is 82.1 Å². The lowest BCUT2D eigenvalue weighted by molar-refractivity contribution is -0.286. The van der Waals surface area contributed by atoms with Gasteiger partial charge in [-0.05, 0) is 12.1 Å². The Labute approximate surface area is 115 Å². The van der Waals surface area contributed by atoms with Crippen LogP contribution in [0.2, 0.25) is 0 Å². The molecule has 2 heterocycles. The number of hydrogen-bond acceptors (Lipinski definition) is 6. The van der Waals surface area contributed by atoms with Gasteiger partial charge in [0, 0.05) is 12.8 Å². The van der Waals surface area contributed by atoms with E-state index in [9.17, 15) is 23.2 Å². The van der Waals surface area contributed by atoms with Gasteiger partial charge in [-0.3, -0.25) is 9.59 Å². The average molecular weight is 299 g/mol. The largest absolute Gasteiger partial charge is 0.586 e. The molecule has 0 saturated carbocycles. The van der Waals surface area contributed by atoms with Crippen LogP contribution in [0.3, 0.4) is 0 Å². The van der Waals surface area contributed by atoms with E-state index >= 15 is 0 Å². The normalized spacial score (nSPS) is 19.0. The van der Waals surface area contributed by atoms with Crippen molar-refractivity contribution in [1.29, 1.82) is 0 Å². The van der Waals surface area contributed by atoms with E-state index in [1.165, 1.54) is 12.1 Å². The predicted octanol–water partition coefficient (Wildman–Crippen LogP) is 1.23. The van der Waals surface area contributed by atoms with E-state index in [4.69, 9.17) is 0 Å². The highest BCUT2D eigenvalue weighted by Gasteiger charge is 2.46. The van der Waals surface area contributed by atoms with Crippen LogP contribution in [0.5, 0.6) is 11.5 Å². The number of hydroxylamine groups is 2.